The number of rotatable bonds is 16. The van der Waals surface area contributed by atoms with Crippen LogP contribution in [0.1, 0.15) is 75.6 Å². The zero-order chi connectivity index (χ0) is 36.0. The van der Waals surface area contributed by atoms with Gasteiger partial charge in [0.1, 0.15) is 23.0 Å². The topological polar surface area (TPSA) is 105 Å². The van der Waals surface area contributed by atoms with Gasteiger partial charge in [0.25, 0.3) is 16.1 Å². The summed E-state index contributed by atoms with van der Waals surface area (Å²) in [5.41, 5.74) is 3.78. The smallest absolute Gasteiger partial charge is 0.278 e. The van der Waals surface area contributed by atoms with Crippen LogP contribution in [0.5, 0.6) is 23.0 Å². The molecule has 0 aliphatic heterocycles. The fraction of sp³-hybridized carbons (Fsp3) is 0.368. The van der Waals surface area contributed by atoms with Gasteiger partial charge in [-0.3, -0.25) is 9.13 Å². The van der Waals surface area contributed by atoms with Crippen LogP contribution in [-0.4, -0.2) is 19.1 Å². The van der Waals surface area contributed by atoms with Gasteiger partial charge >= 0.3 is 0 Å². The molecule has 0 fully saturated rings. The minimum Gasteiger partial charge on any atom is -0.476 e. The summed E-state index contributed by atoms with van der Waals surface area (Å²) in [6, 6.07) is 23.4. The van der Waals surface area contributed by atoms with Crippen LogP contribution in [0.2, 0.25) is 0 Å². The van der Waals surface area contributed by atoms with Gasteiger partial charge in [0.2, 0.25) is 9.84 Å². The van der Waals surface area contributed by atoms with Crippen molar-refractivity contribution in [1.29, 1.82) is 0 Å². The number of aryl methyl sites for hydroxylation is 4. The Labute approximate surface area is 292 Å². The van der Waals surface area contributed by atoms with Crippen LogP contribution in [-0.2, 0) is 19.0 Å². The Balaban J connectivity index is 1.48. The second-order valence-corrected chi connectivity index (χ2v) is 17.6. The van der Waals surface area contributed by atoms with E-state index in [-0.39, 0.29) is 21.3 Å². The predicted octanol–water partition coefficient (Wildman–Crippen LogP) is 10.7. The molecule has 0 N–H and O–H groups in total. The van der Waals surface area contributed by atoms with Crippen molar-refractivity contribution in [3.05, 3.63) is 107 Å². The molecule has 0 amide bonds. The lowest BCUT2D eigenvalue weighted by Crippen LogP contribution is -2.32. The second kappa shape index (κ2) is 16.0. The SMILES string of the molecule is CCC(CC)(Oc1c(C)cccc1C)[PH](=O)Oc1ccc(S(=O)(=O)c2ccc(O[PH](=O)C(CC)(CC)Oc3c(C)cccc3C)cc2)cc1. The van der Waals surface area contributed by atoms with E-state index in [1.807, 2.05) is 91.8 Å². The van der Waals surface area contributed by atoms with Gasteiger partial charge in [-0.15, -0.1) is 0 Å². The molecule has 0 saturated heterocycles. The first-order valence-electron chi connectivity index (χ1n) is 16.7. The zero-order valence-corrected chi connectivity index (χ0v) is 32.4. The van der Waals surface area contributed by atoms with Gasteiger partial charge in [0, 0.05) is 0 Å². The number of ether oxygens (including phenoxy) is 2. The van der Waals surface area contributed by atoms with Crippen molar-refractivity contribution >= 4 is 25.9 Å². The molecule has 2 atom stereocenters. The summed E-state index contributed by atoms with van der Waals surface area (Å²) in [5, 5.41) is -2.05. The minimum absolute atomic E-state index is 0.0452. The third-order valence-electron chi connectivity index (χ3n) is 9.13. The lowest BCUT2D eigenvalue weighted by atomic mass is 10.1. The standard InChI is InChI=1S/C38H48O8P2S/c1-9-37(10-2,43-35-27(5)15-13-16-28(35)6)47(39)45-31-19-23-33(24-20-31)49(41,42)34-25-21-32(22-26-34)46-48(40)38(11-3,12-4)44-36-29(7)17-14-18-30(36)8/h13-26,47-48H,9-12H2,1-8H3. The molecule has 0 aromatic heterocycles. The Hall–Kier alpha value is -3.51. The fourth-order valence-electron chi connectivity index (χ4n) is 5.67. The van der Waals surface area contributed by atoms with Crippen molar-refractivity contribution < 1.29 is 36.1 Å². The molecule has 0 aliphatic rings. The third-order valence-corrected chi connectivity index (χ3v) is 14.9. The van der Waals surface area contributed by atoms with Gasteiger partial charge in [-0.2, -0.15) is 0 Å². The zero-order valence-electron chi connectivity index (χ0n) is 29.6. The van der Waals surface area contributed by atoms with Crippen LogP contribution in [0.15, 0.2) is 94.7 Å². The maximum absolute atomic E-state index is 13.6. The minimum atomic E-state index is -3.91. The first-order valence-corrected chi connectivity index (χ1v) is 20.8. The first-order chi connectivity index (χ1) is 23.3. The van der Waals surface area contributed by atoms with E-state index in [1.165, 1.54) is 48.5 Å². The Morgan fingerprint density at radius 2 is 0.796 bits per heavy atom. The van der Waals surface area contributed by atoms with E-state index in [4.69, 9.17) is 18.5 Å². The second-order valence-electron chi connectivity index (χ2n) is 12.3. The molecule has 0 aliphatic carbocycles. The van der Waals surface area contributed by atoms with E-state index in [0.29, 0.717) is 37.2 Å². The monoisotopic (exact) mass is 726 g/mol. The quantitative estimate of drug-likeness (QED) is 0.105. The molecule has 11 heteroatoms. The maximum Gasteiger partial charge on any atom is 0.278 e. The largest absolute Gasteiger partial charge is 0.476 e. The highest BCUT2D eigenvalue weighted by molar-refractivity contribution is 7.91. The first kappa shape index (κ1) is 38.3. The molecule has 0 saturated carbocycles. The summed E-state index contributed by atoms with van der Waals surface area (Å²) in [4.78, 5) is 0.0903. The fourth-order valence-corrected chi connectivity index (χ4v) is 9.53. The van der Waals surface area contributed by atoms with E-state index in [1.54, 1.807) is 0 Å². The molecular weight excluding hydrogens is 678 g/mol. The number of benzene rings is 4. The summed E-state index contributed by atoms with van der Waals surface area (Å²) in [7, 11) is -9.49. The number of hydrogen-bond acceptors (Lipinski definition) is 8. The molecule has 0 spiro atoms. The lowest BCUT2D eigenvalue weighted by Gasteiger charge is -2.33. The Morgan fingerprint density at radius 3 is 1.06 bits per heavy atom. The van der Waals surface area contributed by atoms with Gasteiger partial charge in [-0.05, 0) is 124 Å². The molecular formula is C38H48O8P2S. The van der Waals surface area contributed by atoms with E-state index in [2.05, 4.69) is 0 Å². The average Bonchev–Trinajstić information content (AvgIpc) is 3.09. The normalized spacial score (nSPS) is 13.4. The summed E-state index contributed by atoms with van der Waals surface area (Å²) in [6.07, 6.45) is 1.86. The van der Waals surface area contributed by atoms with Gasteiger partial charge < -0.3 is 18.5 Å². The molecule has 8 nitrogen and oxygen atoms in total. The number of hydrogen-bond donors (Lipinski definition) is 0. The van der Waals surface area contributed by atoms with Crippen LogP contribution >= 0.6 is 16.1 Å². The number of para-hydroxylation sites is 2. The molecule has 0 heterocycles. The predicted molar refractivity (Wildman–Crippen MR) is 197 cm³/mol. The van der Waals surface area contributed by atoms with Crippen LogP contribution in [0.4, 0.5) is 0 Å². The van der Waals surface area contributed by atoms with Crippen molar-refractivity contribution in [2.75, 3.05) is 0 Å². The molecule has 49 heavy (non-hydrogen) atoms. The van der Waals surface area contributed by atoms with Gasteiger partial charge in [-0.25, -0.2) is 8.42 Å². The van der Waals surface area contributed by atoms with Crippen LogP contribution in [0, 0.1) is 27.7 Å². The van der Waals surface area contributed by atoms with E-state index < -0.39 is 36.6 Å². The van der Waals surface area contributed by atoms with Crippen LogP contribution < -0.4 is 18.5 Å². The van der Waals surface area contributed by atoms with Gasteiger partial charge in [0.05, 0.1) is 9.79 Å². The molecule has 264 valence electrons. The Bertz CT molecular complexity index is 1720. The average molecular weight is 727 g/mol. The summed E-state index contributed by atoms with van der Waals surface area (Å²) in [6.45, 7) is 15.5. The summed E-state index contributed by atoms with van der Waals surface area (Å²) < 4.78 is 78.9. The van der Waals surface area contributed by atoms with Crippen LogP contribution in [0.3, 0.4) is 0 Å². The molecule has 0 radical (unpaired) electrons. The summed E-state index contributed by atoms with van der Waals surface area (Å²) in [5.74, 6) is 1.96. The van der Waals surface area contributed by atoms with Crippen molar-refractivity contribution in [1.82, 2.24) is 0 Å². The highest BCUT2D eigenvalue weighted by Gasteiger charge is 2.39. The molecule has 4 aromatic rings. The third kappa shape index (κ3) is 8.28. The number of sulfone groups is 1. The van der Waals surface area contributed by atoms with E-state index in [0.717, 1.165) is 22.3 Å². The molecule has 0 bridgehead atoms. The lowest BCUT2D eigenvalue weighted by molar-refractivity contribution is 0.133. The van der Waals surface area contributed by atoms with E-state index >= 15 is 0 Å². The maximum atomic E-state index is 13.6. The highest BCUT2D eigenvalue weighted by Crippen LogP contribution is 2.49. The van der Waals surface area contributed by atoms with Crippen LogP contribution in [0.25, 0.3) is 0 Å². The van der Waals surface area contributed by atoms with Gasteiger partial charge in [-0.1, -0.05) is 64.1 Å². The van der Waals surface area contributed by atoms with E-state index in [9.17, 15) is 17.5 Å². The molecule has 2 unspecified atom stereocenters. The van der Waals surface area contributed by atoms with Crippen molar-refractivity contribution in [2.45, 2.75) is 102 Å². The van der Waals surface area contributed by atoms with Crippen molar-refractivity contribution in [2.24, 2.45) is 0 Å². The molecule has 4 aromatic carbocycles. The Morgan fingerprint density at radius 1 is 0.510 bits per heavy atom. The van der Waals surface area contributed by atoms with Crippen molar-refractivity contribution in [3.63, 3.8) is 0 Å². The molecule has 4 rings (SSSR count). The van der Waals surface area contributed by atoms with Gasteiger partial charge in [0.15, 0.2) is 10.7 Å². The highest BCUT2D eigenvalue weighted by atomic mass is 32.2. The van der Waals surface area contributed by atoms with Crippen molar-refractivity contribution in [3.8, 4) is 23.0 Å². The summed E-state index contributed by atoms with van der Waals surface area (Å²) >= 11 is 0. The Kier molecular flexibility index (Phi) is 12.5.